The van der Waals surface area contributed by atoms with Crippen molar-refractivity contribution in [3.8, 4) is 0 Å². The highest BCUT2D eigenvalue weighted by Crippen LogP contribution is 2.36. The molecule has 1 N–H and O–H groups in total. The first-order valence-electron chi connectivity index (χ1n) is 8.72. The van der Waals surface area contributed by atoms with Crippen LogP contribution in [-0.2, 0) is 6.42 Å². The van der Waals surface area contributed by atoms with Gasteiger partial charge in [-0.2, -0.15) is 0 Å². The molecule has 0 aromatic heterocycles. The van der Waals surface area contributed by atoms with Gasteiger partial charge in [0.1, 0.15) is 0 Å². The molecule has 1 heterocycles. The molecule has 3 rings (SSSR count). The van der Waals surface area contributed by atoms with E-state index in [2.05, 4.69) is 24.4 Å². The molecule has 2 nitrogen and oxygen atoms in total. The number of ketones is 1. The average molecular weight is 342 g/mol. The highest BCUT2D eigenvalue weighted by Gasteiger charge is 2.40. The zero-order chi connectivity index (χ0) is 17.0. The van der Waals surface area contributed by atoms with Gasteiger partial charge in [-0.25, -0.2) is 0 Å². The number of nitrogens with one attached hydrogen (secondary N) is 1. The summed E-state index contributed by atoms with van der Waals surface area (Å²) >= 11 is 6.48. The number of carbonyl (C=O) groups is 1. The molecule has 0 aliphatic carbocycles. The second kappa shape index (κ2) is 7.50. The van der Waals surface area contributed by atoms with Crippen LogP contribution in [0.15, 0.2) is 48.5 Å². The highest BCUT2D eigenvalue weighted by molar-refractivity contribution is 6.31. The van der Waals surface area contributed by atoms with Crippen molar-refractivity contribution in [2.24, 2.45) is 5.41 Å². The first kappa shape index (κ1) is 17.2. The maximum Gasteiger partial charge on any atom is 0.170 e. The molecule has 0 saturated carbocycles. The largest absolute Gasteiger partial charge is 0.316 e. The SMILES string of the molecule is CCCC1(C(=O)c2ccc(Cc3ccccc3)c(Cl)c2)CCNC1. The van der Waals surface area contributed by atoms with Crippen molar-refractivity contribution in [3.05, 3.63) is 70.2 Å². The summed E-state index contributed by atoms with van der Waals surface area (Å²) in [6, 6.07) is 16.1. The van der Waals surface area contributed by atoms with Crippen molar-refractivity contribution >= 4 is 17.4 Å². The summed E-state index contributed by atoms with van der Waals surface area (Å²) in [6.45, 7) is 3.85. The molecule has 0 bridgehead atoms. The van der Waals surface area contributed by atoms with Gasteiger partial charge < -0.3 is 5.32 Å². The summed E-state index contributed by atoms with van der Waals surface area (Å²) < 4.78 is 0. The predicted molar refractivity (Wildman–Crippen MR) is 99.9 cm³/mol. The first-order valence-corrected chi connectivity index (χ1v) is 9.10. The summed E-state index contributed by atoms with van der Waals surface area (Å²) in [5.41, 5.74) is 2.78. The lowest BCUT2D eigenvalue weighted by molar-refractivity contribution is 0.0802. The summed E-state index contributed by atoms with van der Waals surface area (Å²) in [7, 11) is 0. The Labute approximate surface area is 149 Å². The smallest absolute Gasteiger partial charge is 0.170 e. The van der Waals surface area contributed by atoms with Crippen molar-refractivity contribution in [1.29, 1.82) is 0 Å². The quantitative estimate of drug-likeness (QED) is 0.758. The third-order valence-corrected chi connectivity index (χ3v) is 5.36. The number of hydrogen-bond acceptors (Lipinski definition) is 2. The molecule has 1 atom stereocenters. The number of halogens is 1. The Morgan fingerprint density at radius 2 is 2.00 bits per heavy atom. The summed E-state index contributed by atoms with van der Waals surface area (Å²) in [5, 5.41) is 4.04. The molecule has 3 heteroatoms. The van der Waals surface area contributed by atoms with E-state index in [1.807, 2.05) is 36.4 Å². The molecular weight excluding hydrogens is 318 g/mol. The molecule has 1 fully saturated rings. The third kappa shape index (κ3) is 3.55. The van der Waals surface area contributed by atoms with Crippen molar-refractivity contribution in [1.82, 2.24) is 5.32 Å². The van der Waals surface area contributed by atoms with Crippen LogP contribution in [0.25, 0.3) is 0 Å². The van der Waals surface area contributed by atoms with Crippen molar-refractivity contribution in [3.63, 3.8) is 0 Å². The van der Waals surface area contributed by atoms with Crippen LogP contribution >= 0.6 is 11.6 Å². The molecule has 24 heavy (non-hydrogen) atoms. The van der Waals surface area contributed by atoms with Crippen LogP contribution < -0.4 is 5.32 Å². The van der Waals surface area contributed by atoms with Gasteiger partial charge in [0.2, 0.25) is 0 Å². The van der Waals surface area contributed by atoms with Crippen LogP contribution in [0.3, 0.4) is 0 Å². The molecule has 2 aromatic rings. The van der Waals surface area contributed by atoms with Gasteiger partial charge in [0.25, 0.3) is 0 Å². The molecule has 0 radical (unpaired) electrons. The van der Waals surface area contributed by atoms with Crippen molar-refractivity contribution in [2.45, 2.75) is 32.6 Å². The fourth-order valence-corrected chi connectivity index (χ4v) is 3.94. The lowest BCUT2D eigenvalue weighted by atomic mass is 9.76. The first-order chi connectivity index (χ1) is 11.6. The number of carbonyl (C=O) groups excluding carboxylic acids is 1. The van der Waals surface area contributed by atoms with Crippen LogP contribution in [0.5, 0.6) is 0 Å². The van der Waals surface area contributed by atoms with Crippen molar-refractivity contribution in [2.75, 3.05) is 13.1 Å². The highest BCUT2D eigenvalue weighted by atomic mass is 35.5. The minimum absolute atomic E-state index is 0.238. The normalized spacial score (nSPS) is 20.2. The number of hydrogen-bond donors (Lipinski definition) is 1. The Balaban J connectivity index is 1.82. The molecule has 1 aliphatic rings. The van der Waals surface area contributed by atoms with Gasteiger partial charge in [-0.1, -0.05) is 67.4 Å². The Hall–Kier alpha value is -1.64. The summed E-state index contributed by atoms with van der Waals surface area (Å²) in [5.74, 6) is 0.238. The monoisotopic (exact) mass is 341 g/mol. The minimum atomic E-state index is -0.251. The van der Waals surface area contributed by atoms with E-state index in [0.717, 1.165) is 49.9 Å². The van der Waals surface area contributed by atoms with Crippen LogP contribution in [0.2, 0.25) is 5.02 Å². The van der Waals surface area contributed by atoms with Gasteiger partial charge in [-0.05, 0) is 43.0 Å². The van der Waals surface area contributed by atoms with E-state index in [0.29, 0.717) is 5.02 Å². The van der Waals surface area contributed by atoms with Gasteiger partial charge in [0.15, 0.2) is 5.78 Å². The molecule has 126 valence electrons. The van der Waals surface area contributed by atoms with Crippen LogP contribution in [0.4, 0.5) is 0 Å². The van der Waals surface area contributed by atoms with Gasteiger partial charge in [0, 0.05) is 22.5 Å². The van der Waals surface area contributed by atoms with Crippen LogP contribution in [0, 0.1) is 5.41 Å². The molecule has 0 spiro atoms. The van der Waals surface area contributed by atoms with Crippen LogP contribution in [0.1, 0.15) is 47.7 Å². The Bertz CT molecular complexity index is 705. The van der Waals surface area contributed by atoms with E-state index in [-0.39, 0.29) is 11.2 Å². The standard InChI is InChI=1S/C21H24ClNO/c1-2-10-21(11-12-23-15-21)20(24)18-9-8-17(19(22)14-18)13-16-6-4-3-5-7-16/h3-9,14,23H,2,10-13,15H2,1H3. The van der Waals surface area contributed by atoms with E-state index in [1.165, 1.54) is 5.56 Å². The molecular formula is C21H24ClNO. The topological polar surface area (TPSA) is 29.1 Å². The fraction of sp³-hybridized carbons (Fsp3) is 0.381. The van der Waals surface area contributed by atoms with E-state index >= 15 is 0 Å². The molecule has 1 saturated heterocycles. The van der Waals surface area contributed by atoms with Gasteiger partial charge in [-0.3, -0.25) is 4.79 Å². The summed E-state index contributed by atoms with van der Waals surface area (Å²) in [4.78, 5) is 13.1. The predicted octanol–water partition coefficient (Wildman–Crippen LogP) is 4.89. The third-order valence-electron chi connectivity index (χ3n) is 5.01. The summed E-state index contributed by atoms with van der Waals surface area (Å²) in [6.07, 6.45) is 3.66. The van der Waals surface area contributed by atoms with Crippen LogP contribution in [-0.4, -0.2) is 18.9 Å². The van der Waals surface area contributed by atoms with Gasteiger partial charge >= 0.3 is 0 Å². The number of Topliss-reactive ketones (excluding diaryl/α,β-unsaturated/α-hetero) is 1. The maximum atomic E-state index is 13.1. The maximum absolute atomic E-state index is 13.1. The zero-order valence-electron chi connectivity index (χ0n) is 14.1. The fourth-order valence-electron chi connectivity index (χ4n) is 3.70. The zero-order valence-corrected chi connectivity index (χ0v) is 14.9. The number of benzene rings is 2. The van der Waals surface area contributed by atoms with E-state index in [1.54, 1.807) is 0 Å². The van der Waals surface area contributed by atoms with E-state index < -0.39 is 0 Å². The van der Waals surface area contributed by atoms with E-state index in [4.69, 9.17) is 11.6 Å². The molecule has 2 aromatic carbocycles. The minimum Gasteiger partial charge on any atom is -0.316 e. The molecule has 0 amide bonds. The lowest BCUT2D eigenvalue weighted by Crippen LogP contribution is -2.33. The Morgan fingerprint density at radius 1 is 1.21 bits per heavy atom. The second-order valence-corrected chi connectivity index (χ2v) is 7.16. The second-order valence-electron chi connectivity index (χ2n) is 6.75. The molecule has 1 unspecified atom stereocenters. The number of rotatable bonds is 6. The average Bonchev–Trinajstić information content (AvgIpc) is 3.07. The van der Waals surface area contributed by atoms with E-state index in [9.17, 15) is 4.79 Å². The Morgan fingerprint density at radius 3 is 2.62 bits per heavy atom. The van der Waals surface area contributed by atoms with Crippen molar-refractivity contribution < 1.29 is 4.79 Å². The molecule has 1 aliphatic heterocycles. The Kier molecular flexibility index (Phi) is 5.37. The van der Waals surface area contributed by atoms with Gasteiger partial charge in [-0.15, -0.1) is 0 Å². The lowest BCUT2D eigenvalue weighted by Gasteiger charge is -2.26. The van der Waals surface area contributed by atoms with Gasteiger partial charge in [0.05, 0.1) is 0 Å².